The smallest absolute Gasteiger partial charge is 0.274 e. The number of phenols is 1. The number of aromatic hydroxyl groups is 1. The molecule has 0 radical (unpaired) electrons. The number of pyridine rings is 1. The molecule has 50 heavy (non-hydrogen) atoms. The highest BCUT2D eigenvalue weighted by Crippen LogP contribution is 2.46. The van der Waals surface area contributed by atoms with Crippen molar-refractivity contribution in [3.8, 4) is 11.5 Å². The van der Waals surface area contributed by atoms with E-state index < -0.39 is 0 Å². The molecule has 13 heteroatoms. The molecule has 0 saturated heterocycles. The maximum absolute atomic E-state index is 13.9. The van der Waals surface area contributed by atoms with Gasteiger partial charge in [0.05, 0.1) is 63.6 Å². The average Bonchev–Trinajstić information content (AvgIpc) is 3.72. The average molecular weight is 703 g/mol. The van der Waals surface area contributed by atoms with Gasteiger partial charge < -0.3 is 44.4 Å². The summed E-state index contributed by atoms with van der Waals surface area (Å²) in [7, 11) is 0. The molecule has 1 aliphatic heterocycles. The van der Waals surface area contributed by atoms with Crippen LogP contribution >= 0.6 is 11.6 Å². The summed E-state index contributed by atoms with van der Waals surface area (Å²) in [6.45, 7) is 5.12. The highest BCUT2D eigenvalue weighted by molar-refractivity contribution is 6.19. The molecule has 262 valence electrons. The lowest BCUT2D eigenvalue weighted by Crippen LogP contribution is -2.30. The Kier molecular flexibility index (Phi) is 11.5. The minimum Gasteiger partial charge on any atom is -0.507 e. The van der Waals surface area contributed by atoms with Crippen molar-refractivity contribution in [1.29, 1.82) is 0 Å². The number of aromatic nitrogens is 2. The second-order valence-corrected chi connectivity index (χ2v) is 12.1. The number of hydrogen-bond acceptors (Lipinski definition) is 9. The lowest BCUT2D eigenvalue weighted by atomic mass is 9.92. The Morgan fingerprint density at radius 2 is 1.70 bits per heavy atom. The molecule has 1 atom stereocenters. The number of aryl methyl sites for hydroxylation is 1. The van der Waals surface area contributed by atoms with Crippen molar-refractivity contribution < 1.29 is 38.7 Å². The van der Waals surface area contributed by atoms with Gasteiger partial charge in [-0.25, -0.2) is 4.98 Å². The second-order valence-electron chi connectivity index (χ2n) is 11.8. The number of alkyl halides is 1. The summed E-state index contributed by atoms with van der Waals surface area (Å²) in [4.78, 5) is 36.0. The van der Waals surface area contributed by atoms with E-state index >= 15 is 0 Å². The van der Waals surface area contributed by atoms with E-state index in [-0.39, 0.29) is 30.1 Å². The summed E-state index contributed by atoms with van der Waals surface area (Å²) >= 11 is 6.40. The van der Waals surface area contributed by atoms with Crippen molar-refractivity contribution in [2.45, 2.75) is 12.8 Å². The molecule has 2 amide bonds. The molecule has 6 rings (SSSR count). The van der Waals surface area contributed by atoms with Crippen LogP contribution in [0.2, 0.25) is 0 Å². The SMILES string of the molecule is Cc1cccc2c(O)cc3c(c12)[C@H](CCl)CN3C(=O)c1cc2cc(NC(=O)c3ccc(OCCOCCOCCOCCO)cc3)ncc2[nH]1. The number of aliphatic hydroxyl groups is 1. The summed E-state index contributed by atoms with van der Waals surface area (Å²) in [6, 6.07) is 17.6. The van der Waals surface area contributed by atoms with Crippen molar-refractivity contribution in [2.75, 3.05) is 75.5 Å². The molecule has 5 aromatic rings. The fraction of sp³-hybridized carbons (Fsp3) is 0.324. The Bertz CT molecular complexity index is 1970. The summed E-state index contributed by atoms with van der Waals surface area (Å²) in [6.07, 6.45) is 1.57. The van der Waals surface area contributed by atoms with Crippen LogP contribution in [0, 0.1) is 6.92 Å². The topological polar surface area (TPSA) is 155 Å². The predicted molar refractivity (Wildman–Crippen MR) is 191 cm³/mol. The van der Waals surface area contributed by atoms with E-state index in [1.807, 2.05) is 25.1 Å². The quantitative estimate of drug-likeness (QED) is 0.0783. The van der Waals surface area contributed by atoms with Crippen LogP contribution in [-0.4, -0.2) is 97.3 Å². The van der Waals surface area contributed by atoms with E-state index in [0.717, 1.165) is 21.9 Å². The van der Waals surface area contributed by atoms with Crippen LogP contribution in [0.15, 0.2) is 66.9 Å². The molecule has 3 heterocycles. The summed E-state index contributed by atoms with van der Waals surface area (Å²) in [5.41, 5.74) is 4.03. The minimum atomic E-state index is -0.344. The van der Waals surface area contributed by atoms with Crippen molar-refractivity contribution in [3.05, 3.63) is 89.2 Å². The third kappa shape index (κ3) is 7.85. The molecular formula is C37H39ClN4O8. The fourth-order valence-electron chi connectivity index (χ4n) is 6.09. The van der Waals surface area contributed by atoms with Crippen LogP contribution in [0.3, 0.4) is 0 Å². The van der Waals surface area contributed by atoms with Gasteiger partial charge in [-0.15, -0.1) is 11.6 Å². The number of carbonyl (C=O) groups excluding carboxylic acids is 2. The summed E-state index contributed by atoms with van der Waals surface area (Å²) < 4.78 is 21.7. The lowest BCUT2D eigenvalue weighted by Gasteiger charge is -2.18. The number of amides is 2. The number of rotatable bonds is 16. The number of hydrogen-bond donors (Lipinski definition) is 4. The van der Waals surface area contributed by atoms with Gasteiger partial charge in [0, 0.05) is 40.7 Å². The van der Waals surface area contributed by atoms with Gasteiger partial charge in [0.1, 0.15) is 29.6 Å². The van der Waals surface area contributed by atoms with Crippen LogP contribution in [-0.2, 0) is 14.2 Å². The van der Waals surface area contributed by atoms with Crippen molar-refractivity contribution in [1.82, 2.24) is 9.97 Å². The van der Waals surface area contributed by atoms with E-state index in [2.05, 4.69) is 15.3 Å². The third-order valence-corrected chi connectivity index (χ3v) is 8.84. The van der Waals surface area contributed by atoms with Crippen molar-refractivity contribution in [3.63, 3.8) is 0 Å². The number of carbonyl (C=O) groups is 2. The molecule has 1 aliphatic rings. The highest BCUT2D eigenvalue weighted by Gasteiger charge is 2.35. The first-order valence-corrected chi connectivity index (χ1v) is 16.9. The van der Waals surface area contributed by atoms with E-state index in [0.29, 0.717) is 98.1 Å². The van der Waals surface area contributed by atoms with Crippen molar-refractivity contribution >= 4 is 56.6 Å². The molecule has 2 aromatic heterocycles. The van der Waals surface area contributed by atoms with Crippen LogP contribution in [0.4, 0.5) is 11.5 Å². The van der Waals surface area contributed by atoms with Gasteiger partial charge in [-0.1, -0.05) is 18.2 Å². The molecule has 0 fully saturated rings. The predicted octanol–water partition coefficient (Wildman–Crippen LogP) is 5.39. The van der Waals surface area contributed by atoms with Gasteiger partial charge in [0.15, 0.2) is 0 Å². The number of halogens is 1. The number of anilines is 2. The minimum absolute atomic E-state index is 0.00602. The number of benzene rings is 3. The first-order chi connectivity index (χ1) is 24.4. The zero-order valence-electron chi connectivity index (χ0n) is 27.6. The van der Waals surface area contributed by atoms with E-state index in [9.17, 15) is 14.7 Å². The monoisotopic (exact) mass is 702 g/mol. The molecule has 0 unspecified atom stereocenters. The van der Waals surface area contributed by atoms with Gasteiger partial charge in [-0.3, -0.25) is 9.59 Å². The maximum atomic E-state index is 13.9. The number of nitrogens with one attached hydrogen (secondary N) is 2. The van der Waals surface area contributed by atoms with Crippen molar-refractivity contribution in [2.24, 2.45) is 0 Å². The zero-order chi connectivity index (χ0) is 35.0. The van der Waals surface area contributed by atoms with Gasteiger partial charge in [0.25, 0.3) is 11.8 Å². The first-order valence-electron chi connectivity index (χ1n) is 16.4. The number of phenolic OH excluding ortho intramolecular Hbond substituents is 1. The Balaban J connectivity index is 1.04. The summed E-state index contributed by atoms with van der Waals surface area (Å²) in [5, 5.41) is 24.7. The number of H-pyrrole nitrogens is 1. The molecule has 4 N–H and O–H groups in total. The third-order valence-electron chi connectivity index (χ3n) is 8.47. The zero-order valence-corrected chi connectivity index (χ0v) is 28.4. The molecule has 0 saturated carbocycles. The maximum Gasteiger partial charge on any atom is 0.274 e. The summed E-state index contributed by atoms with van der Waals surface area (Å²) in [5.74, 6) is 0.685. The van der Waals surface area contributed by atoms with Gasteiger partial charge >= 0.3 is 0 Å². The van der Waals surface area contributed by atoms with Gasteiger partial charge in [-0.2, -0.15) is 0 Å². The fourth-order valence-corrected chi connectivity index (χ4v) is 6.34. The number of nitrogens with zero attached hydrogens (tertiary/aromatic N) is 2. The number of ether oxygens (including phenoxy) is 4. The Morgan fingerprint density at radius 3 is 2.42 bits per heavy atom. The largest absolute Gasteiger partial charge is 0.507 e. The Morgan fingerprint density at radius 1 is 0.980 bits per heavy atom. The molecule has 12 nitrogen and oxygen atoms in total. The van der Waals surface area contributed by atoms with Crippen LogP contribution in [0.25, 0.3) is 21.7 Å². The first kappa shape index (κ1) is 35.1. The van der Waals surface area contributed by atoms with E-state index in [1.165, 1.54) is 0 Å². The lowest BCUT2D eigenvalue weighted by molar-refractivity contribution is 0.00361. The number of aliphatic hydroxyl groups excluding tert-OH is 1. The number of fused-ring (bicyclic) bond motifs is 4. The standard InChI is InChI=1S/C37H39ClN4O8/c1-23-3-2-4-28-32(44)19-31-35(34(23)28)26(20-38)22-42(31)37(46)29-17-25-18-33(39-21-30(25)40-29)41-36(45)24-5-7-27(8-6-24)50-16-15-49-14-13-48-12-11-47-10-9-43/h2-8,17-19,21,26,40,43-44H,9-16,20,22H2,1H3,(H,39,41,45)/t26-/m1/s1. The molecule has 0 aliphatic carbocycles. The van der Waals surface area contributed by atoms with Crippen LogP contribution < -0.4 is 15.0 Å². The van der Waals surface area contributed by atoms with Crippen LogP contribution in [0.5, 0.6) is 11.5 Å². The normalized spacial score (nSPS) is 14.0. The van der Waals surface area contributed by atoms with Gasteiger partial charge in [0.2, 0.25) is 0 Å². The second kappa shape index (κ2) is 16.3. The Labute approximate surface area is 293 Å². The highest BCUT2D eigenvalue weighted by atomic mass is 35.5. The van der Waals surface area contributed by atoms with Crippen LogP contribution in [0.1, 0.15) is 37.9 Å². The number of aromatic amines is 1. The van der Waals surface area contributed by atoms with E-state index in [1.54, 1.807) is 53.6 Å². The molecule has 3 aromatic carbocycles. The van der Waals surface area contributed by atoms with E-state index in [4.69, 9.17) is 35.7 Å². The molecular weight excluding hydrogens is 664 g/mol. The Hall–Kier alpha value is -4.72. The van der Waals surface area contributed by atoms with Gasteiger partial charge in [-0.05, 0) is 59.8 Å². The molecule has 0 spiro atoms. The molecule has 0 bridgehead atoms.